The van der Waals surface area contributed by atoms with Crippen LogP contribution < -0.4 is 4.90 Å². The van der Waals surface area contributed by atoms with Gasteiger partial charge in [-0.1, -0.05) is 18.2 Å². The summed E-state index contributed by atoms with van der Waals surface area (Å²) in [6, 6.07) is 16.7. The van der Waals surface area contributed by atoms with Crippen LogP contribution in [0.1, 0.15) is 0 Å². The molecular weight excluding hydrogens is 510 g/mol. The molecule has 2 unspecified atom stereocenters. The molecule has 14 heteroatoms. The molecule has 0 aliphatic rings. The van der Waals surface area contributed by atoms with Crippen LogP contribution in [0.3, 0.4) is 0 Å². The van der Waals surface area contributed by atoms with Crippen LogP contribution in [-0.2, 0) is 18.2 Å². The highest BCUT2D eigenvalue weighted by Crippen LogP contribution is 2.37. The maximum atomic E-state index is 11.4. The minimum atomic E-state index is -3.65. The summed E-state index contributed by atoms with van der Waals surface area (Å²) in [6.07, 6.45) is 0. The Bertz CT molecular complexity index is 1310. The van der Waals surface area contributed by atoms with Gasteiger partial charge in [-0.2, -0.15) is 5.11 Å². The van der Waals surface area contributed by atoms with Gasteiger partial charge in [0.1, 0.15) is 0 Å². The average molecular weight is 536 g/mol. The standard InChI is InChI=1S/C22H26N4O8P2/c1-35(29,30)33-15-13-25(14-16-34-36(2,31)32)18-9-7-17(8-10-18)23-24-21-11-12-22(26(27)28)20-6-4-3-5-19(20)21/h3-12H,13-16H2,1-2H3,(H,29,30)(H,31,32). The van der Waals surface area contributed by atoms with Crippen LogP contribution in [0, 0.1) is 10.1 Å². The minimum Gasteiger partial charge on any atom is -0.367 e. The van der Waals surface area contributed by atoms with Crippen molar-refractivity contribution < 1.29 is 32.9 Å². The Labute approximate surface area is 207 Å². The lowest BCUT2D eigenvalue weighted by Gasteiger charge is -2.25. The van der Waals surface area contributed by atoms with Gasteiger partial charge >= 0.3 is 15.2 Å². The van der Waals surface area contributed by atoms with E-state index in [0.29, 0.717) is 27.8 Å². The van der Waals surface area contributed by atoms with Gasteiger partial charge in [-0.15, -0.1) is 5.11 Å². The van der Waals surface area contributed by atoms with Gasteiger partial charge in [0, 0.05) is 43.6 Å². The Morgan fingerprint density at radius 2 is 1.42 bits per heavy atom. The molecule has 0 amide bonds. The van der Waals surface area contributed by atoms with Gasteiger partial charge in [-0.3, -0.25) is 19.2 Å². The summed E-state index contributed by atoms with van der Waals surface area (Å²) >= 11 is 0. The fraction of sp³-hybridized carbons (Fsp3) is 0.273. The number of hydrogen-bond acceptors (Lipinski definition) is 9. The van der Waals surface area contributed by atoms with Gasteiger partial charge in [0.05, 0.1) is 34.9 Å². The van der Waals surface area contributed by atoms with Crippen molar-refractivity contribution in [3.8, 4) is 0 Å². The lowest BCUT2D eigenvalue weighted by atomic mass is 10.1. The number of nitro benzene ring substituents is 1. The van der Waals surface area contributed by atoms with Crippen LogP contribution >= 0.6 is 15.2 Å². The molecule has 0 heterocycles. The molecule has 36 heavy (non-hydrogen) atoms. The second kappa shape index (κ2) is 11.8. The van der Waals surface area contributed by atoms with E-state index < -0.39 is 20.1 Å². The van der Waals surface area contributed by atoms with Crippen LogP contribution in [-0.4, -0.2) is 54.3 Å². The third kappa shape index (κ3) is 8.30. The van der Waals surface area contributed by atoms with Crippen LogP contribution in [0.15, 0.2) is 70.9 Å². The van der Waals surface area contributed by atoms with Gasteiger partial charge < -0.3 is 23.7 Å². The predicted molar refractivity (Wildman–Crippen MR) is 137 cm³/mol. The van der Waals surface area contributed by atoms with E-state index in [0.717, 1.165) is 13.3 Å². The zero-order chi connectivity index (χ0) is 26.3. The molecule has 0 radical (unpaired) electrons. The van der Waals surface area contributed by atoms with E-state index in [1.54, 1.807) is 59.5 Å². The van der Waals surface area contributed by atoms with E-state index in [4.69, 9.17) is 9.05 Å². The molecule has 0 spiro atoms. The molecule has 0 fully saturated rings. The van der Waals surface area contributed by atoms with E-state index in [2.05, 4.69) is 10.2 Å². The summed E-state index contributed by atoms with van der Waals surface area (Å²) in [5.41, 5.74) is 1.70. The summed E-state index contributed by atoms with van der Waals surface area (Å²) in [5.74, 6) is 0. The highest BCUT2D eigenvalue weighted by Gasteiger charge is 2.16. The Morgan fingerprint density at radius 1 is 0.861 bits per heavy atom. The molecule has 3 rings (SSSR count). The molecule has 0 saturated heterocycles. The summed E-state index contributed by atoms with van der Waals surface area (Å²) in [7, 11) is -7.29. The van der Waals surface area contributed by atoms with Crippen molar-refractivity contribution in [2.24, 2.45) is 10.2 Å². The Hall–Kier alpha value is -2.98. The van der Waals surface area contributed by atoms with Crippen LogP contribution in [0.25, 0.3) is 10.8 Å². The van der Waals surface area contributed by atoms with Crippen molar-refractivity contribution in [1.82, 2.24) is 0 Å². The van der Waals surface area contributed by atoms with Gasteiger partial charge in [0.2, 0.25) is 0 Å². The van der Waals surface area contributed by atoms with E-state index in [9.17, 15) is 29.0 Å². The number of hydrogen-bond donors (Lipinski definition) is 2. The third-order valence-corrected chi connectivity index (χ3v) is 6.27. The van der Waals surface area contributed by atoms with Gasteiger partial charge in [-0.05, 0) is 36.4 Å². The monoisotopic (exact) mass is 536 g/mol. The highest BCUT2D eigenvalue weighted by atomic mass is 31.2. The van der Waals surface area contributed by atoms with Crippen molar-refractivity contribution in [1.29, 1.82) is 0 Å². The summed E-state index contributed by atoms with van der Waals surface area (Å²) in [6.45, 7) is 2.57. The normalized spacial score (nSPS) is 15.0. The lowest BCUT2D eigenvalue weighted by molar-refractivity contribution is -0.383. The first kappa shape index (κ1) is 27.6. The molecular formula is C22H26N4O8P2. The summed E-state index contributed by atoms with van der Waals surface area (Å²) in [4.78, 5) is 31.3. The number of fused-ring (bicyclic) bond motifs is 1. The van der Waals surface area contributed by atoms with E-state index >= 15 is 0 Å². The number of anilines is 1. The first-order valence-corrected chi connectivity index (χ1v) is 14.8. The second-order valence-electron chi connectivity index (χ2n) is 7.88. The quantitative estimate of drug-likeness (QED) is 0.129. The first-order valence-electron chi connectivity index (χ1n) is 10.8. The number of nitrogens with zero attached hydrogens (tertiary/aromatic N) is 4. The number of rotatable bonds is 12. The molecule has 2 atom stereocenters. The van der Waals surface area contributed by atoms with Crippen LogP contribution in [0.5, 0.6) is 0 Å². The molecule has 2 N–H and O–H groups in total. The molecule has 3 aromatic carbocycles. The van der Waals surface area contributed by atoms with Crippen molar-refractivity contribution >= 4 is 48.7 Å². The SMILES string of the molecule is CP(=O)(O)OCCN(CCOP(C)(=O)O)c1ccc(N=Nc2ccc([N+](=O)[O-])c3ccccc23)cc1. The lowest BCUT2D eigenvalue weighted by Crippen LogP contribution is -2.30. The zero-order valence-corrected chi connectivity index (χ0v) is 21.4. The van der Waals surface area contributed by atoms with Gasteiger partial charge in [0.25, 0.3) is 5.69 Å². The van der Waals surface area contributed by atoms with Gasteiger partial charge in [-0.25, -0.2) is 0 Å². The van der Waals surface area contributed by atoms with E-state index in [1.807, 2.05) is 0 Å². The largest absolute Gasteiger partial charge is 0.367 e. The topological polar surface area (TPSA) is 164 Å². The number of azo groups is 1. The first-order chi connectivity index (χ1) is 16.9. The fourth-order valence-corrected chi connectivity index (χ4v) is 4.21. The van der Waals surface area contributed by atoms with Crippen molar-refractivity contribution in [2.75, 3.05) is 44.5 Å². The average Bonchev–Trinajstić information content (AvgIpc) is 2.80. The van der Waals surface area contributed by atoms with Crippen LogP contribution in [0.4, 0.5) is 22.7 Å². The molecule has 12 nitrogen and oxygen atoms in total. The Balaban J connectivity index is 1.77. The third-order valence-electron chi connectivity index (χ3n) is 4.95. The van der Waals surface area contributed by atoms with Crippen molar-refractivity contribution in [2.45, 2.75) is 0 Å². The minimum absolute atomic E-state index is 0.0109. The Morgan fingerprint density at radius 3 is 1.94 bits per heavy atom. The smallest absolute Gasteiger partial charge is 0.325 e. The maximum Gasteiger partial charge on any atom is 0.325 e. The number of nitro groups is 1. The molecule has 0 aliphatic carbocycles. The summed E-state index contributed by atoms with van der Waals surface area (Å²) in [5, 5.41) is 20.9. The number of benzene rings is 3. The van der Waals surface area contributed by atoms with Crippen LogP contribution in [0.2, 0.25) is 0 Å². The Kier molecular flexibility index (Phi) is 9.08. The van der Waals surface area contributed by atoms with Crippen molar-refractivity contribution in [3.63, 3.8) is 0 Å². The highest BCUT2D eigenvalue weighted by molar-refractivity contribution is 7.52. The molecule has 3 aromatic rings. The van der Waals surface area contributed by atoms with Crippen molar-refractivity contribution in [3.05, 3.63) is 70.8 Å². The molecule has 0 aromatic heterocycles. The maximum absolute atomic E-state index is 11.4. The number of non-ortho nitro benzene ring substituents is 1. The summed E-state index contributed by atoms with van der Waals surface area (Å²) < 4.78 is 32.7. The molecule has 0 bridgehead atoms. The van der Waals surface area contributed by atoms with E-state index in [-0.39, 0.29) is 32.0 Å². The predicted octanol–water partition coefficient (Wildman–Crippen LogP) is 5.63. The molecule has 0 saturated carbocycles. The van der Waals surface area contributed by atoms with E-state index in [1.165, 1.54) is 6.07 Å². The van der Waals surface area contributed by atoms with Gasteiger partial charge in [0.15, 0.2) is 0 Å². The molecule has 192 valence electrons. The fourth-order valence-electron chi connectivity index (χ4n) is 3.37. The zero-order valence-electron chi connectivity index (χ0n) is 19.6. The molecule has 0 aliphatic heterocycles. The second-order valence-corrected chi connectivity index (χ2v) is 11.6.